The number of H-pyrrole nitrogens is 1. The molecule has 0 atom stereocenters. The van der Waals surface area contributed by atoms with E-state index in [1.54, 1.807) is 12.1 Å². The molecule has 4 nitrogen and oxygen atoms in total. The smallest absolute Gasteiger partial charge is 0.248 e. The molecule has 1 heterocycles. The first-order valence-corrected chi connectivity index (χ1v) is 7.08. The van der Waals surface area contributed by atoms with Gasteiger partial charge in [-0.2, -0.15) is 0 Å². The van der Waals surface area contributed by atoms with Gasteiger partial charge >= 0.3 is 0 Å². The van der Waals surface area contributed by atoms with E-state index in [1.807, 2.05) is 19.1 Å². The zero-order chi connectivity index (χ0) is 15.7. The molecule has 0 saturated carbocycles. The number of aromatic nitrogens is 2. The average Bonchev–Trinajstić information content (AvgIpc) is 2.90. The number of aryl methyl sites for hydroxylation is 2. The van der Waals surface area contributed by atoms with Gasteiger partial charge in [-0.15, -0.1) is 0 Å². The molecule has 3 aromatic rings. The van der Waals surface area contributed by atoms with E-state index >= 15 is 0 Å². The van der Waals surface area contributed by atoms with Gasteiger partial charge in [0.25, 0.3) is 0 Å². The summed E-state index contributed by atoms with van der Waals surface area (Å²) in [4.78, 5) is 19.1. The first kappa shape index (κ1) is 14.1. The summed E-state index contributed by atoms with van der Waals surface area (Å²) in [6, 6.07) is 15.5. The summed E-state index contributed by atoms with van der Waals surface area (Å²) in [5.41, 5.74) is 10.9. The summed E-state index contributed by atoms with van der Waals surface area (Å²) in [6.45, 7) is 3.99. The molecule has 0 unspecified atom stereocenters. The number of carbonyl (C=O) groups excluding carboxylic acids is 1. The number of amides is 1. The molecule has 0 aliphatic carbocycles. The Balaban J connectivity index is 2.07. The van der Waals surface area contributed by atoms with Crippen LogP contribution in [0.1, 0.15) is 21.7 Å². The highest BCUT2D eigenvalue weighted by molar-refractivity contribution is 5.93. The van der Waals surface area contributed by atoms with E-state index in [2.05, 4.69) is 41.2 Å². The van der Waals surface area contributed by atoms with Crippen molar-refractivity contribution in [3.63, 3.8) is 0 Å². The van der Waals surface area contributed by atoms with Gasteiger partial charge in [0.1, 0.15) is 5.82 Å². The third-order valence-corrected chi connectivity index (χ3v) is 3.61. The summed E-state index contributed by atoms with van der Waals surface area (Å²) in [6.07, 6.45) is 0. The largest absolute Gasteiger partial charge is 0.366 e. The maximum Gasteiger partial charge on any atom is 0.248 e. The lowest BCUT2D eigenvalue weighted by atomic mass is 10.0. The van der Waals surface area contributed by atoms with Gasteiger partial charge in [-0.3, -0.25) is 4.79 Å². The highest BCUT2D eigenvalue weighted by Gasteiger charge is 2.13. The van der Waals surface area contributed by atoms with Crippen LogP contribution in [0.25, 0.3) is 22.5 Å². The molecule has 0 bridgehead atoms. The second kappa shape index (κ2) is 5.48. The van der Waals surface area contributed by atoms with Crippen molar-refractivity contribution in [3.05, 3.63) is 65.5 Å². The standard InChI is InChI=1S/C18H17N3O/c1-11-3-5-13(6-4-11)16-17(21-12(2)20-16)14-7-9-15(10-8-14)18(19)22/h3-10H,1-2H3,(H2,19,22)(H,20,21). The van der Waals surface area contributed by atoms with Gasteiger partial charge in [0.05, 0.1) is 11.4 Å². The molecular weight excluding hydrogens is 274 g/mol. The van der Waals surface area contributed by atoms with Gasteiger partial charge in [-0.1, -0.05) is 42.0 Å². The number of imidazole rings is 1. The van der Waals surface area contributed by atoms with Gasteiger partial charge in [-0.25, -0.2) is 4.98 Å². The third-order valence-electron chi connectivity index (χ3n) is 3.61. The summed E-state index contributed by atoms with van der Waals surface area (Å²) < 4.78 is 0. The van der Waals surface area contributed by atoms with E-state index in [0.29, 0.717) is 5.56 Å². The molecule has 0 saturated heterocycles. The fraction of sp³-hybridized carbons (Fsp3) is 0.111. The molecule has 0 aliphatic rings. The van der Waals surface area contributed by atoms with Crippen molar-refractivity contribution in [2.45, 2.75) is 13.8 Å². The third kappa shape index (κ3) is 2.63. The van der Waals surface area contributed by atoms with Crippen LogP contribution in [0.2, 0.25) is 0 Å². The Labute approximate surface area is 129 Å². The number of hydrogen-bond donors (Lipinski definition) is 2. The van der Waals surface area contributed by atoms with E-state index in [-0.39, 0.29) is 0 Å². The molecule has 0 radical (unpaired) electrons. The molecule has 110 valence electrons. The van der Waals surface area contributed by atoms with Crippen molar-refractivity contribution in [1.82, 2.24) is 9.97 Å². The second-order valence-electron chi connectivity index (χ2n) is 5.35. The maximum atomic E-state index is 11.2. The number of rotatable bonds is 3. The molecule has 0 fully saturated rings. The van der Waals surface area contributed by atoms with Crippen molar-refractivity contribution < 1.29 is 4.79 Å². The molecule has 0 spiro atoms. The van der Waals surface area contributed by atoms with Gasteiger partial charge in [-0.05, 0) is 26.0 Å². The van der Waals surface area contributed by atoms with E-state index < -0.39 is 5.91 Å². The first-order valence-electron chi connectivity index (χ1n) is 7.08. The molecule has 0 aliphatic heterocycles. The highest BCUT2D eigenvalue weighted by Crippen LogP contribution is 2.30. The number of nitrogens with zero attached hydrogens (tertiary/aromatic N) is 1. The van der Waals surface area contributed by atoms with Crippen molar-refractivity contribution in [2.24, 2.45) is 5.73 Å². The molecule has 3 rings (SSSR count). The van der Waals surface area contributed by atoms with Crippen molar-refractivity contribution in [3.8, 4) is 22.5 Å². The van der Waals surface area contributed by atoms with Gasteiger partial charge < -0.3 is 10.7 Å². The Bertz CT molecular complexity index is 815. The Morgan fingerprint density at radius 1 is 0.955 bits per heavy atom. The minimum absolute atomic E-state index is 0.427. The fourth-order valence-electron chi connectivity index (χ4n) is 2.42. The van der Waals surface area contributed by atoms with Crippen molar-refractivity contribution >= 4 is 5.91 Å². The predicted octanol–water partition coefficient (Wildman–Crippen LogP) is 3.46. The maximum absolute atomic E-state index is 11.2. The van der Waals surface area contributed by atoms with Crippen LogP contribution in [0.4, 0.5) is 0 Å². The van der Waals surface area contributed by atoms with Crippen LogP contribution < -0.4 is 5.73 Å². The minimum atomic E-state index is -0.427. The number of aromatic amines is 1. The number of nitrogens with one attached hydrogen (secondary N) is 1. The van der Waals surface area contributed by atoms with Crippen molar-refractivity contribution in [1.29, 1.82) is 0 Å². The zero-order valence-electron chi connectivity index (χ0n) is 12.6. The number of benzene rings is 2. The Morgan fingerprint density at radius 2 is 1.55 bits per heavy atom. The number of carbonyl (C=O) groups is 1. The topological polar surface area (TPSA) is 71.8 Å². The van der Waals surface area contributed by atoms with E-state index in [1.165, 1.54) is 5.56 Å². The van der Waals surface area contributed by atoms with Crippen molar-refractivity contribution in [2.75, 3.05) is 0 Å². The predicted molar refractivity (Wildman–Crippen MR) is 87.5 cm³/mol. The Kier molecular flexibility index (Phi) is 3.51. The lowest BCUT2D eigenvalue weighted by molar-refractivity contribution is 0.100. The summed E-state index contributed by atoms with van der Waals surface area (Å²) in [5, 5.41) is 0. The average molecular weight is 291 g/mol. The van der Waals surface area contributed by atoms with Crippen LogP contribution in [0.5, 0.6) is 0 Å². The lowest BCUT2D eigenvalue weighted by Crippen LogP contribution is -2.10. The van der Waals surface area contributed by atoms with Crippen LogP contribution in [-0.2, 0) is 0 Å². The van der Waals surface area contributed by atoms with E-state index in [9.17, 15) is 4.79 Å². The fourth-order valence-corrected chi connectivity index (χ4v) is 2.42. The van der Waals surface area contributed by atoms with Gasteiger partial charge in [0, 0.05) is 16.7 Å². The van der Waals surface area contributed by atoms with Crippen LogP contribution in [0.15, 0.2) is 48.5 Å². The van der Waals surface area contributed by atoms with Gasteiger partial charge in [0.2, 0.25) is 5.91 Å². The molecule has 4 heteroatoms. The van der Waals surface area contributed by atoms with Crippen LogP contribution in [0.3, 0.4) is 0 Å². The highest BCUT2D eigenvalue weighted by atomic mass is 16.1. The molecule has 22 heavy (non-hydrogen) atoms. The van der Waals surface area contributed by atoms with Crippen LogP contribution >= 0.6 is 0 Å². The second-order valence-corrected chi connectivity index (χ2v) is 5.35. The monoisotopic (exact) mass is 291 g/mol. The molecule has 2 aromatic carbocycles. The first-order chi connectivity index (χ1) is 10.5. The van der Waals surface area contributed by atoms with E-state index in [4.69, 9.17) is 5.73 Å². The molecule has 1 aromatic heterocycles. The zero-order valence-corrected chi connectivity index (χ0v) is 12.6. The molecular formula is C18H17N3O. The normalized spacial score (nSPS) is 10.6. The van der Waals surface area contributed by atoms with Crippen LogP contribution in [-0.4, -0.2) is 15.9 Å². The molecule has 1 amide bonds. The molecule has 3 N–H and O–H groups in total. The Morgan fingerprint density at radius 3 is 2.14 bits per heavy atom. The van der Waals surface area contributed by atoms with Crippen LogP contribution in [0, 0.1) is 13.8 Å². The summed E-state index contributed by atoms with van der Waals surface area (Å²) in [7, 11) is 0. The Hall–Kier alpha value is -2.88. The van der Waals surface area contributed by atoms with E-state index in [0.717, 1.165) is 28.3 Å². The number of hydrogen-bond acceptors (Lipinski definition) is 2. The van der Waals surface area contributed by atoms with Gasteiger partial charge in [0.15, 0.2) is 0 Å². The number of primary amides is 1. The quantitative estimate of drug-likeness (QED) is 0.775. The lowest BCUT2D eigenvalue weighted by Gasteiger charge is -2.04. The number of nitrogens with two attached hydrogens (primary N) is 1. The minimum Gasteiger partial charge on any atom is -0.366 e. The summed E-state index contributed by atoms with van der Waals surface area (Å²) in [5.74, 6) is 0.424. The SMILES string of the molecule is Cc1ccc(-c2[nH]c(C)nc2-c2ccc(C(N)=O)cc2)cc1. The summed E-state index contributed by atoms with van der Waals surface area (Å²) >= 11 is 0.